The quantitative estimate of drug-likeness (QED) is 0.754. The maximum atomic E-state index is 12.7. The van der Waals surface area contributed by atoms with Gasteiger partial charge in [0.2, 0.25) is 0 Å². The minimum Gasteiger partial charge on any atom is -0.484 e. The number of ether oxygens (including phenoxy) is 2. The summed E-state index contributed by atoms with van der Waals surface area (Å²) in [5.74, 6) is 0.539. The Balaban J connectivity index is 2.07. The Morgan fingerprint density at radius 3 is 2.54 bits per heavy atom. The van der Waals surface area contributed by atoms with Crippen LogP contribution in [0.2, 0.25) is 0 Å². The highest BCUT2D eigenvalue weighted by Crippen LogP contribution is 2.46. The number of carbonyl (C=O) groups is 1. The Kier molecular flexibility index (Phi) is 4.74. The van der Waals surface area contributed by atoms with Gasteiger partial charge in [-0.1, -0.05) is 0 Å². The van der Waals surface area contributed by atoms with Gasteiger partial charge in [-0.3, -0.25) is 9.69 Å². The molecule has 2 atom stereocenters. The molecule has 1 aromatic carbocycles. The van der Waals surface area contributed by atoms with E-state index in [-0.39, 0.29) is 12.0 Å². The zero-order chi connectivity index (χ0) is 19.1. The van der Waals surface area contributed by atoms with Crippen molar-refractivity contribution < 1.29 is 14.3 Å². The number of esters is 1. The standard InChI is InChI=1S/C21H28N2O3/c1-20(2,3)19(24)25-18-17(23-10-6-7-11-23)15-12-14(13-22)8-9-16(15)26-21(18,4)5/h8-9,12,17-18H,6-7,10-11H2,1-5H3/t17-,18+/m0/s1. The van der Waals surface area contributed by atoms with E-state index in [4.69, 9.17) is 9.47 Å². The lowest BCUT2D eigenvalue weighted by atomic mass is 9.84. The van der Waals surface area contributed by atoms with Crippen molar-refractivity contribution in [1.29, 1.82) is 5.26 Å². The normalized spacial score (nSPS) is 25.1. The fraction of sp³-hybridized carbons (Fsp3) is 0.619. The molecule has 0 spiro atoms. The second-order valence-corrected chi connectivity index (χ2v) is 8.83. The first-order chi connectivity index (χ1) is 12.1. The summed E-state index contributed by atoms with van der Waals surface area (Å²) in [7, 11) is 0. The molecule has 1 aromatic rings. The molecule has 0 N–H and O–H groups in total. The van der Waals surface area contributed by atoms with Gasteiger partial charge in [-0.2, -0.15) is 5.26 Å². The Hall–Kier alpha value is -2.06. The smallest absolute Gasteiger partial charge is 0.311 e. The third-order valence-corrected chi connectivity index (χ3v) is 5.18. The first-order valence-corrected chi connectivity index (χ1v) is 9.32. The third kappa shape index (κ3) is 3.43. The van der Waals surface area contributed by atoms with Crippen LogP contribution in [-0.2, 0) is 9.53 Å². The summed E-state index contributed by atoms with van der Waals surface area (Å²) in [6.45, 7) is 11.4. The van der Waals surface area contributed by atoms with E-state index in [1.54, 1.807) is 6.07 Å². The van der Waals surface area contributed by atoms with Gasteiger partial charge >= 0.3 is 5.97 Å². The van der Waals surface area contributed by atoms with E-state index in [9.17, 15) is 10.1 Å². The molecule has 2 aliphatic rings. The molecule has 0 unspecified atom stereocenters. The van der Waals surface area contributed by atoms with E-state index < -0.39 is 17.1 Å². The van der Waals surface area contributed by atoms with Crippen molar-refractivity contribution in [3.05, 3.63) is 29.3 Å². The van der Waals surface area contributed by atoms with E-state index in [0.717, 1.165) is 37.2 Å². The largest absolute Gasteiger partial charge is 0.484 e. The number of carbonyl (C=O) groups excluding carboxylic acids is 1. The van der Waals surface area contributed by atoms with Gasteiger partial charge in [-0.05, 0) is 78.7 Å². The van der Waals surface area contributed by atoms with E-state index in [1.165, 1.54) is 0 Å². The van der Waals surface area contributed by atoms with Crippen LogP contribution >= 0.6 is 0 Å². The van der Waals surface area contributed by atoms with Crippen molar-refractivity contribution in [1.82, 2.24) is 4.90 Å². The summed E-state index contributed by atoms with van der Waals surface area (Å²) < 4.78 is 12.3. The first kappa shape index (κ1) is 18.7. The topological polar surface area (TPSA) is 62.6 Å². The van der Waals surface area contributed by atoms with Crippen LogP contribution in [0.5, 0.6) is 5.75 Å². The van der Waals surface area contributed by atoms with Crippen LogP contribution in [0.15, 0.2) is 18.2 Å². The fourth-order valence-electron chi connectivity index (χ4n) is 3.73. The first-order valence-electron chi connectivity index (χ1n) is 9.32. The predicted molar refractivity (Wildman–Crippen MR) is 98.7 cm³/mol. The highest BCUT2D eigenvalue weighted by atomic mass is 16.6. The molecule has 2 aliphatic heterocycles. The molecule has 0 aliphatic carbocycles. The second-order valence-electron chi connectivity index (χ2n) is 8.83. The van der Waals surface area contributed by atoms with Gasteiger partial charge in [0.25, 0.3) is 0 Å². The Morgan fingerprint density at radius 1 is 1.31 bits per heavy atom. The van der Waals surface area contributed by atoms with E-state index in [0.29, 0.717) is 5.56 Å². The number of benzene rings is 1. The Bertz CT molecular complexity index is 737. The van der Waals surface area contributed by atoms with Gasteiger partial charge in [0.05, 0.1) is 23.1 Å². The zero-order valence-electron chi connectivity index (χ0n) is 16.3. The molecule has 0 radical (unpaired) electrons. The van der Waals surface area contributed by atoms with Crippen LogP contribution in [0.1, 0.15) is 64.6 Å². The van der Waals surface area contributed by atoms with E-state index in [2.05, 4.69) is 11.0 Å². The summed E-state index contributed by atoms with van der Waals surface area (Å²) in [6.07, 6.45) is 1.82. The van der Waals surface area contributed by atoms with Crippen LogP contribution in [0.3, 0.4) is 0 Å². The lowest BCUT2D eigenvalue weighted by Gasteiger charge is -2.47. The molecule has 5 nitrogen and oxygen atoms in total. The van der Waals surface area contributed by atoms with Crippen molar-refractivity contribution in [2.24, 2.45) is 5.41 Å². The average Bonchev–Trinajstić information content (AvgIpc) is 3.07. The second kappa shape index (κ2) is 6.59. The molecule has 5 heteroatoms. The molecular weight excluding hydrogens is 328 g/mol. The average molecular weight is 356 g/mol. The highest BCUT2D eigenvalue weighted by Gasteiger charge is 2.50. The molecule has 0 saturated carbocycles. The third-order valence-electron chi connectivity index (χ3n) is 5.18. The van der Waals surface area contributed by atoms with Crippen LogP contribution < -0.4 is 4.74 Å². The summed E-state index contributed by atoms with van der Waals surface area (Å²) >= 11 is 0. The number of likely N-dealkylation sites (tertiary alicyclic amines) is 1. The molecule has 140 valence electrons. The number of fused-ring (bicyclic) bond motifs is 1. The van der Waals surface area contributed by atoms with Gasteiger partial charge in [0, 0.05) is 5.56 Å². The fourth-order valence-corrected chi connectivity index (χ4v) is 3.73. The predicted octanol–water partition coefficient (Wildman–Crippen LogP) is 3.82. The summed E-state index contributed by atoms with van der Waals surface area (Å²) in [6, 6.07) is 7.62. The maximum absolute atomic E-state index is 12.7. The molecule has 1 saturated heterocycles. The van der Waals surface area contributed by atoms with Crippen LogP contribution in [0, 0.1) is 16.7 Å². The lowest BCUT2D eigenvalue weighted by Crippen LogP contribution is -2.55. The van der Waals surface area contributed by atoms with Crippen molar-refractivity contribution in [3.8, 4) is 11.8 Å². The number of nitrogens with zero attached hydrogens (tertiary/aromatic N) is 2. The number of nitriles is 1. The molecule has 0 amide bonds. The van der Waals surface area contributed by atoms with Crippen molar-refractivity contribution >= 4 is 5.97 Å². The number of rotatable bonds is 2. The van der Waals surface area contributed by atoms with Gasteiger partial charge in [0.15, 0.2) is 6.10 Å². The Morgan fingerprint density at radius 2 is 1.96 bits per heavy atom. The number of hydrogen-bond acceptors (Lipinski definition) is 5. The van der Waals surface area contributed by atoms with Crippen molar-refractivity contribution in [2.45, 2.75) is 65.2 Å². The molecule has 1 fully saturated rings. The number of hydrogen-bond donors (Lipinski definition) is 0. The molecule has 0 bridgehead atoms. The molecule has 26 heavy (non-hydrogen) atoms. The summed E-state index contributed by atoms with van der Waals surface area (Å²) in [5.41, 5.74) is 0.296. The monoisotopic (exact) mass is 356 g/mol. The molecular formula is C21H28N2O3. The van der Waals surface area contributed by atoms with Crippen molar-refractivity contribution in [3.63, 3.8) is 0 Å². The molecule has 2 heterocycles. The maximum Gasteiger partial charge on any atom is 0.311 e. The van der Waals surface area contributed by atoms with E-state index in [1.807, 2.05) is 46.8 Å². The van der Waals surface area contributed by atoms with Gasteiger partial charge in [-0.15, -0.1) is 0 Å². The van der Waals surface area contributed by atoms with Crippen LogP contribution in [0.4, 0.5) is 0 Å². The summed E-state index contributed by atoms with van der Waals surface area (Å²) in [4.78, 5) is 15.0. The molecule has 3 rings (SSSR count). The van der Waals surface area contributed by atoms with E-state index >= 15 is 0 Å². The summed E-state index contributed by atoms with van der Waals surface area (Å²) in [5, 5.41) is 9.32. The zero-order valence-corrected chi connectivity index (χ0v) is 16.3. The van der Waals surface area contributed by atoms with Crippen LogP contribution in [-0.4, -0.2) is 35.7 Å². The minimum atomic E-state index is -0.657. The lowest BCUT2D eigenvalue weighted by molar-refractivity contribution is -0.179. The van der Waals surface area contributed by atoms with Gasteiger partial charge < -0.3 is 9.47 Å². The van der Waals surface area contributed by atoms with Crippen molar-refractivity contribution in [2.75, 3.05) is 13.1 Å². The highest BCUT2D eigenvalue weighted by molar-refractivity contribution is 5.75. The molecule has 0 aromatic heterocycles. The minimum absolute atomic E-state index is 0.101. The Labute approximate surface area is 155 Å². The van der Waals surface area contributed by atoms with Gasteiger partial charge in [-0.25, -0.2) is 0 Å². The van der Waals surface area contributed by atoms with Crippen LogP contribution in [0.25, 0.3) is 0 Å². The van der Waals surface area contributed by atoms with Gasteiger partial charge in [0.1, 0.15) is 11.4 Å². The SMILES string of the molecule is CC(C)(C)C(=O)O[C@@H]1[C@@H](N2CCCC2)c2cc(C#N)ccc2OC1(C)C.